The van der Waals surface area contributed by atoms with Crippen LogP contribution in [0.2, 0.25) is 0 Å². The first-order valence-electron chi connectivity index (χ1n) is 4.54. The molecule has 0 radical (unpaired) electrons. The highest BCUT2D eigenvalue weighted by molar-refractivity contribution is 5.20. The predicted octanol–water partition coefficient (Wildman–Crippen LogP) is 1.30. The molecule has 0 spiro atoms. The smallest absolute Gasteiger partial charge is 0.266 e. The zero-order chi connectivity index (χ0) is 9.97. The van der Waals surface area contributed by atoms with E-state index in [9.17, 15) is 4.79 Å². The molecule has 1 aromatic carbocycles. The van der Waals surface area contributed by atoms with Crippen molar-refractivity contribution in [3.05, 3.63) is 58.0 Å². The molecule has 1 aromatic heterocycles. The van der Waals surface area contributed by atoms with E-state index in [1.165, 1.54) is 10.2 Å². The van der Waals surface area contributed by atoms with Gasteiger partial charge in [0.15, 0.2) is 0 Å². The molecule has 0 aliphatic rings. The summed E-state index contributed by atoms with van der Waals surface area (Å²) in [6.45, 7) is 0. The Hall–Kier alpha value is -1.77. The second-order valence-corrected chi connectivity index (χ2v) is 3.34. The van der Waals surface area contributed by atoms with E-state index in [4.69, 9.17) is 0 Å². The highest BCUT2D eigenvalue weighted by Crippen LogP contribution is 2.04. The lowest BCUT2D eigenvalue weighted by Crippen LogP contribution is -2.09. The topological polar surface area (TPSA) is 37.8 Å². The highest BCUT2D eigenvalue weighted by atomic mass is 16.1. The molecular formula is C11H12N2O. The number of nitrogens with zero attached hydrogens (tertiary/aromatic N) is 1. The molecule has 72 valence electrons. The van der Waals surface area contributed by atoms with E-state index in [1.807, 2.05) is 30.3 Å². The van der Waals surface area contributed by atoms with Gasteiger partial charge in [-0.05, 0) is 5.56 Å². The molecular weight excluding hydrogens is 176 g/mol. The van der Waals surface area contributed by atoms with Crippen molar-refractivity contribution >= 4 is 0 Å². The van der Waals surface area contributed by atoms with E-state index < -0.39 is 0 Å². The minimum atomic E-state index is 0.0101. The fourth-order valence-electron chi connectivity index (χ4n) is 1.45. The molecule has 0 aliphatic heterocycles. The fraction of sp³-hybridized carbons (Fsp3) is 0.182. The van der Waals surface area contributed by atoms with Crippen LogP contribution in [-0.2, 0) is 13.5 Å². The van der Waals surface area contributed by atoms with Crippen LogP contribution in [0.5, 0.6) is 0 Å². The number of nitrogens with one attached hydrogen (secondary N) is 1. The number of aromatic nitrogens is 2. The second-order valence-electron chi connectivity index (χ2n) is 3.34. The van der Waals surface area contributed by atoms with Gasteiger partial charge in [0.1, 0.15) is 0 Å². The number of hydrogen-bond donors (Lipinski definition) is 1. The van der Waals surface area contributed by atoms with E-state index in [-0.39, 0.29) is 5.56 Å². The minimum Gasteiger partial charge on any atom is -0.300 e. The number of benzene rings is 1. The number of aryl methyl sites for hydroxylation is 1. The maximum atomic E-state index is 11.2. The standard InChI is InChI=1S/C11H12N2O/c1-13-11(14)8-10(12-13)7-9-5-3-2-4-6-9/h2-6,8,12H,7H2,1H3. The van der Waals surface area contributed by atoms with Crippen molar-refractivity contribution in [3.63, 3.8) is 0 Å². The Labute approximate surface area is 82.0 Å². The van der Waals surface area contributed by atoms with Crippen LogP contribution in [-0.4, -0.2) is 9.78 Å². The summed E-state index contributed by atoms with van der Waals surface area (Å²) in [7, 11) is 1.72. The van der Waals surface area contributed by atoms with Crippen molar-refractivity contribution in [2.75, 3.05) is 0 Å². The van der Waals surface area contributed by atoms with Crippen molar-refractivity contribution < 1.29 is 0 Å². The van der Waals surface area contributed by atoms with Crippen molar-refractivity contribution in [1.82, 2.24) is 9.78 Å². The third-order valence-corrected chi connectivity index (χ3v) is 2.18. The summed E-state index contributed by atoms with van der Waals surface area (Å²) >= 11 is 0. The molecule has 0 bridgehead atoms. The molecule has 3 nitrogen and oxygen atoms in total. The van der Waals surface area contributed by atoms with Crippen LogP contribution in [0.25, 0.3) is 0 Å². The summed E-state index contributed by atoms with van der Waals surface area (Å²) in [5.41, 5.74) is 2.16. The van der Waals surface area contributed by atoms with Crippen LogP contribution >= 0.6 is 0 Å². The molecule has 0 atom stereocenters. The van der Waals surface area contributed by atoms with Crippen LogP contribution in [0.15, 0.2) is 41.2 Å². The van der Waals surface area contributed by atoms with Gasteiger partial charge in [-0.15, -0.1) is 0 Å². The van der Waals surface area contributed by atoms with Gasteiger partial charge in [0.25, 0.3) is 5.56 Å². The van der Waals surface area contributed by atoms with Crippen molar-refractivity contribution in [2.24, 2.45) is 7.05 Å². The average Bonchev–Trinajstić information content (AvgIpc) is 2.47. The Balaban J connectivity index is 2.23. The van der Waals surface area contributed by atoms with Crippen LogP contribution in [0.3, 0.4) is 0 Å². The number of aromatic amines is 1. The van der Waals surface area contributed by atoms with Gasteiger partial charge in [0.05, 0.1) is 0 Å². The Morgan fingerprint density at radius 3 is 2.57 bits per heavy atom. The van der Waals surface area contributed by atoms with Gasteiger partial charge in [-0.3, -0.25) is 14.6 Å². The Kier molecular flexibility index (Phi) is 2.23. The Bertz CT molecular complexity index is 468. The lowest BCUT2D eigenvalue weighted by atomic mass is 10.1. The molecule has 0 saturated carbocycles. The third-order valence-electron chi connectivity index (χ3n) is 2.18. The highest BCUT2D eigenvalue weighted by Gasteiger charge is 2.00. The zero-order valence-electron chi connectivity index (χ0n) is 8.03. The summed E-state index contributed by atoms with van der Waals surface area (Å²) in [5.74, 6) is 0. The molecule has 2 rings (SSSR count). The van der Waals surface area contributed by atoms with Gasteiger partial charge in [0.2, 0.25) is 0 Å². The quantitative estimate of drug-likeness (QED) is 0.758. The van der Waals surface area contributed by atoms with Crippen molar-refractivity contribution in [3.8, 4) is 0 Å². The van der Waals surface area contributed by atoms with E-state index in [1.54, 1.807) is 13.1 Å². The lowest BCUT2D eigenvalue weighted by molar-refractivity contribution is 0.725. The first-order valence-corrected chi connectivity index (χ1v) is 4.54. The van der Waals surface area contributed by atoms with Gasteiger partial charge < -0.3 is 0 Å². The van der Waals surface area contributed by atoms with E-state index in [0.29, 0.717) is 0 Å². The molecule has 1 heterocycles. The molecule has 3 heteroatoms. The number of H-pyrrole nitrogens is 1. The van der Waals surface area contributed by atoms with Crippen LogP contribution < -0.4 is 5.56 Å². The molecule has 14 heavy (non-hydrogen) atoms. The summed E-state index contributed by atoms with van der Waals surface area (Å²) in [6, 6.07) is 11.7. The van der Waals surface area contributed by atoms with Crippen LogP contribution in [0.1, 0.15) is 11.3 Å². The average molecular weight is 188 g/mol. The largest absolute Gasteiger partial charge is 0.300 e. The van der Waals surface area contributed by atoms with Crippen LogP contribution in [0, 0.1) is 0 Å². The molecule has 0 saturated heterocycles. The van der Waals surface area contributed by atoms with Gasteiger partial charge in [0, 0.05) is 25.2 Å². The van der Waals surface area contributed by atoms with Crippen LogP contribution in [0.4, 0.5) is 0 Å². The first-order chi connectivity index (χ1) is 6.75. The van der Waals surface area contributed by atoms with E-state index in [0.717, 1.165) is 12.1 Å². The van der Waals surface area contributed by atoms with Crippen molar-refractivity contribution in [2.45, 2.75) is 6.42 Å². The predicted molar refractivity (Wildman–Crippen MR) is 55.3 cm³/mol. The summed E-state index contributed by atoms with van der Waals surface area (Å²) in [5, 5.41) is 3.00. The fourth-order valence-corrected chi connectivity index (χ4v) is 1.45. The lowest BCUT2D eigenvalue weighted by Gasteiger charge is -1.97. The normalized spacial score (nSPS) is 10.4. The van der Waals surface area contributed by atoms with Gasteiger partial charge >= 0.3 is 0 Å². The Morgan fingerprint density at radius 1 is 1.29 bits per heavy atom. The molecule has 2 aromatic rings. The first kappa shape index (κ1) is 8.81. The van der Waals surface area contributed by atoms with E-state index >= 15 is 0 Å². The maximum absolute atomic E-state index is 11.2. The monoisotopic (exact) mass is 188 g/mol. The zero-order valence-corrected chi connectivity index (χ0v) is 8.03. The Morgan fingerprint density at radius 2 is 2.00 bits per heavy atom. The minimum absolute atomic E-state index is 0.0101. The molecule has 1 N–H and O–H groups in total. The second kappa shape index (κ2) is 3.54. The number of rotatable bonds is 2. The number of hydrogen-bond acceptors (Lipinski definition) is 1. The molecule has 0 amide bonds. The van der Waals surface area contributed by atoms with Gasteiger partial charge in [-0.2, -0.15) is 0 Å². The van der Waals surface area contributed by atoms with Gasteiger partial charge in [-0.1, -0.05) is 30.3 Å². The summed E-state index contributed by atoms with van der Waals surface area (Å²) in [4.78, 5) is 11.2. The van der Waals surface area contributed by atoms with Gasteiger partial charge in [-0.25, -0.2) is 0 Å². The maximum Gasteiger partial charge on any atom is 0.266 e. The summed E-state index contributed by atoms with van der Waals surface area (Å²) in [6.07, 6.45) is 0.775. The molecule has 0 fully saturated rings. The van der Waals surface area contributed by atoms with E-state index in [2.05, 4.69) is 5.10 Å². The SMILES string of the molecule is Cn1[nH]c(Cc2ccccc2)cc1=O. The summed E-state index contributed by atoms with van der Waals surface area (Å²) < 4.78 is 1.48. The third kappa shape index (κ3) is 1.76. The van der Waals surface area contributed by atoms with Crippen molar-refractivity contribution in [1.29, 1.82) is 0 Å². The molecule has 0 aliphatic carbocycles. The molecule has 0 unspecified atom stereocenters.